The van der Waals surface area contributed by atoms with Crippen LogP contribution in [0.2, 0.25) is 0 Å². The Morgan fingerprint density at radius 2 is 1.61 bits per heavy atom. The molecule has 2 N–H and O–H groups in total. The highest BCUT2D eigenvalue weighted by molar-refractivity contribution is 5.84. The molecular weight excluding hydrogens is 414 g/mol. The molecule has 4 rings (SSSR count). The first-order valence-corrected chi connectivity index (χ1v) is 11.5. The molecule has 1 aliphatic rings. The van der Waals surface area contributed by atoms with E-state index < -0.39 is 5.97 Å². The Hall–Kier alpha value is -3.60. The van der Waals surface area contributed by atoms with Gasteiger partial charge in [-0.25, -0.2) is 4.79 Å². The normalized spacial score (nSPS) is 15.0. The van der Waals surface area contributed by atoms with Gasteiger partial charge in [0.05, 0.1) is 5.92 Å². The van der Waals surface area contributed by atoms with Gasteiger partial charge in [0.25, 0.3) is 0 Å². The second kappa shape index (κ2) is 10.8. The van der Waals surface area contributed by atoms with Gasteiger partial charge in [-0.05, 0) is 54.0 Å². The summed E-state index contributed by atoms with van der Waals surface area (Å²) < 4.78 is 5.47. The Balaban J connectivity index is 1.44. The van der Waals surface area contributed by atoms with E-state index in [1.165, 1.54) is 11.1 Å². The fraction of sp³-hybridized carbons (Fsp3) is 0.286. The molecule has 1 amide bonds. The van der Waals surface area contributed by atoms with E-state index in [0.29, 0.717) is 12.3 Å². The summed E-state index contributed by atoms with van der Waals surface area (Å²) in [6, 6.07) is 26.3. The Bertz CT molecular complexity index is 1040. The third kappa shape index (κ3) is 5.61. The van der Waals surface area contributed by atoms with E-state index in [1.807, 2.05) is 48.5 Å². The number of rotatable bonds is 9. The zero-order valence-electron chi connectivity index (χ0n) is 18.6. The van der Waals surface area contributed by atoms with Crippen LogP contribution in [-0.4, -0.2) is 30.1 Å². The van der Waals surface area contributed by atoms with Crippen LogP contribution in [-0.2, 0) is 16.0 Å². The van der Waals surface area contributed by atoms with Gasteiger partial charge in [-0.3, -0.25) is 4.79 Å². The largest absolute Gasteiger partial charge is 0.482 e. The van der Waals surface area contributed by atoms with Gasteiger partial charge in [-0.15, -0.1) is 0 Å². The van der Waals surface area contributed by atoms with Crippen LogP contribution in [0.15, 0.2) is 78.9 Å². The molecule has 1 aliphatic carbocycles. The number of fused-ring (bicyclic) bond motifs is 1. The van der Waals surface area contributed by atoms with Crippen molar-refractivity contribution < 1.29 is 19.4 Å². The van der Waals surface area contributed by atoms with Crippen molar-refractivity contribution in [1.29, 1.82) is 0 Å². The molecule has 0 aliphatic heterocycles. The lowest BCUT2D eigenvalue weighted by Crippen LogP contribution is -2.33. The first-order chi connectivity index (χ1) is 16.1. The van der Waals surface area contributed by atoms with Gasteiger partial charge in [0.1, 0.15) is 5.75 Å². The lowest BCUT2D eigenvalue weighted by atomic mass is 9.81. The van der Waals surface area contributed by atoms with E-state index in [2.05, 4.69) is 29.6 Å². The van der Waals surface area contributed by atoms with Crippen LogP contribution in [0, 0.1) is 0 Å². The average molecular weight is 444 g/mol. The minimum absolute atomic E-state index is 0.0196. The Morgan fingerprint density at radius 1 is 0.939 bits per heavy atom. The highest BCUT2D eigenvalue weighted by Crippen LogP contribution is 2.37. The lowest BCUT2D eigenvalue weighted by Gasteiger charge is -2.27. The molecule has 5 heteroatoms. The van der Waals surface area contributed by atoms with Crippen LogP contribution in [0.3, 0.4) is 0 Å². The van der Waals surface area contributed by atoms with Crippen LogP contribution < -0.4 is 10.1 Å². The predicted octanol–water partition coefficient (Wildman–Crippen LogP) is 4.91. The van der Waals surface area contributed by atoms with Gasteiger partial charge in [0.15, 0.2) is 6.61 Å². The Kier molecular flexibility index (Phi) is 7.40. The van der Waals surface area contributed by atoms with Crippen LogP contribution in [0.25, 0.3) is 0 Å². The molecule has 0 saturated heterocycles. The molecule has 3 aromatic carbocycles. The first kappa shape index (κ1) is 22.6. The number of benzene rings is 3. The number of ether oxygens (including phenoxy) is 1. The van der Waals surface area contributed by atoms with Crippen molar-refractivity contribution >= 4 is 11.9 Å². The Labute approximate surface area is 194 Å². The average Bonchev–Trinajstić information content (AvgIpc) is 2.86. The quantitative estimate of drug-likeness (QED) is 0.493. The van der Waals surface area contributed by atoms with Gasteiger partial charge >= 0.3 is 5.97 Å². The summed E-state index contributed by atoms with van der Waals surface area (Å²) >= 11 is 0. The number of hydrogen-bond donors (Lipinski definition) is 2. The number of carbonyl (C=O) groups is 2. The number of aliphatic carboxylic acids is 1. The van der Waals surface area contributed by atoms with E-state index in [0.717, 1.165) is 36.8 Å². The summed E-state index contributed by atoms with van der Waals surface area (Å²) in [6.45, 7) is 0.196. The van der Waals surface area contributed by atoms with Crippen molar-refractivity contribution in [3.8, 4) is 5.75 Å². The molecule has 0 fully saturated rings. The molecule has 170 valence electrons. The summed E-state index contributed by atoms with van der Waals surface area (Å²) in [5, 5.41) is 12.1. The summed E-state index contributed by atoms with van der Waals surface area (Å²) in [4.78, 5) is 24.0. The number of hydrogen-bond acceptors (Lipinski definition) is 3. The van der Waals surface area contributed by atoms with Crippen molar-refractivity contribution in [1.82, 2.24) is 5.32 Å². The standard InChI is InChI=1S/C28H29NO4/c30-27(31)19-33-26-16-8-13-23-24(26)14-7-15-25(23)28(32)29-18-17-22(20-9-3-1-4-10-20)21-11-5-2-6-12-21/h1-6,8-13,16,22,25H,7,14-15,17-19H2,(H,29,32)(H,30,31). The maximum Gasteiger partial charge on any atom is 0.341 e. The van der Waals surface area contributed by atoms with Crippen LogP contribution in [0.4, 0.5) is 0 Å². The molecule has 0 spiro atoms. The minimum Gasteiger partial charge on any atom is -0.482 e. The van der Waals surface area contributed by atoms with E-state index in [-0.39, 0.29) is 24.3 Å². The SMILES string of the molecule is O=C(O)COc1cccc2c1CCCC2C(=O)NCCC(c1ccccc1)c1ccccc1. The maximum absolute atomic E-state index is 13.1. The summed E-state index contributed by atoms with van der Waals surface area (Å²) in [5.41, 5.74) is 4.38. The van der Waals surface area contributed by atoms with Crippen molar-refractivity contribution in [3.05, 3.63) is 101 Å². The molecular formula is C28H29NO4. The van der Waals surface area contributed by atoms with Crippen molar-refractivity contribution in [2.75, 3.05) is 13.2 Å². The number of carboxylic acids is 1. The van der Waals surface area contributed by atoms with Gasteiger partial charge in [0.2, 0.25) is 5.91 Å². The summed E-state index contributed by atoms with van der Waals surface area (Å²) in [7, 11) is 0. The Morgan fingerprint density at radius 3 is 2.24 bits per heavy atom. The highest BCUT2D eigenvalue weighted by atomic mass is 16.5. The first-order valence-electron chi connectivity index (χ1n) is 11.5. The van der Waals surface area contributed by atoms with Crippen molar-refractivity contribution in [2.24, 2.45) is 0 Å². The van der Waals surface area contributed by atoms with Gasteiger partial charge < -0.3 is 15.2 Å². The molecule has 1 atom stereocenters. The molecule has 0 bridgehead atoms. The number of carboxylic acid groups (broad SMARTS) is 1. The van der Waals surface area contributed by atoms with E-state index in [4.69, 9.17) is 9.84 Å². The van der Waals surface area contributed by atoms with Gasteiger partial charge in [0, 0.05) is 12.5 Å². The van der Waals surface area contributed by atoms with Crippen LogP contribution in [0.5, 0.6) is 5.75 Å². The predicted molar refractivity (Wildman–Crippen MR) is 128 cm³/mol. The molecule has 0 radical (unpaired) electrons. The summed E-state index contributed by atoms with van der Waals surface area (Å²) in [5.74, 6) is -0.452. The molecule has 5 nitrogen and oxygen atoms in total. The van der Waals surface area contributed by atoms with Crippen LogP contribution in [0.1, 0.15) is 53.4 Å². The summed E-state index contributed by atoms with van der Waals surface area (Å²) in [6.07, 6.45) is 3.25. The minimum atomic E-state index is -1.01. The topological polar surface area (TPSA) is 75.6 Å². The zero-order valence-corrected chi connectivity index (χ0v) is 18.6. The molecule has 0 aromatic heterocycles. The van der Waals surface area contributed by atoms with Crippen molar-refractivity contribution in [2.45, 2.75) is 37.5 Å². The third-order valence-corrected chi connectivity index (χ3v) is 6.27. The highest BCUT2D eigenvalue weighted by Gasteiger charge is 2.28. The van der Waals surface area contributed by atoms with Crippen LogP contribution >= 0.6 is 0 Å². The number of nitrogens with one attached hydrogen (secondary N) is 1. The van der Waals surface area contributed by atoms with Gasteiger partial charge in [-0.1, -0.05) is 72.8 Å². The second-order valence-corrected chi connectivity index (χ2v) is 8.40. The molecule has 33 heavy (non-hydrogen) atoms. The van der Waals surface area contributed by atoms with Gasteiger partial charge in [-0.2, -0.15) is 0 Å². The molecule has 3 aromatic rings. The number of amides is 1. The number of carbonyl (C=O) groups excluding carboxylic acids is 1. The van der Waals surface area contributed by atoms with E-state index in [1.54, 1.807) is 6.07 Å². The second-order valence-electron chi connectivity index (χ2n) is 8.40. The third-order valence-electron chi connectivity index (χ3n) is 6.27. The fourth-order valence-electron chi connectivity index (χ4n) is 4.72. The van der Waals surface area contributed by atoms with Crippen molar-refractivity contribution in [3.63, 3.8) is 0 Å². The van der Waals surface area contributed by atoms with E-state index >= 15 is 0 Å². The fourth-order valence-corrected chi connectivity index (χ4v) is 4.72. The van der Waals surface area contributed by atoms with E-state index in [9.17, 15) is 9.59 Å². The molecule has 0 saturated carbocycles. The molecule has 0 heterocycles. The molecule has 1 unspecified atom stereocenters. The lowest BCUT2D eigenvalue weighted by molar-refractivity contribution is -0.139. The maximum atomic E-state index is 13.1. The smallest absolute Gasteiger partial charge is 0.341 e. The monoisotopic (exact) mass is 443 g/mol. The zero-order chi connectivity index (χ0) is 23.0.